The van der Waals surface area contributed by atoms with Crippen LogP contribution in [0.25, 0.3) is 0 Å². The van der Waals surface area contributed by atoms with E-state index in [0.717, 1.165) is 65.3 Å². The first-order chi connectivity index (χ1) is 15.3. The number of aryl methyl sites for hydroxylation is 1. The monoisotopic (exact) mass is 436 g/mol. The van der Waals surface area contributed by atoms with Gasteiger partial charge < -0.3 is 18.9 Å². The third-order valence-corrected chi connectivity index (χ3v) is 5.61. The molecule has 1 heterocycles. The van der Waals surface area contributed by atoms with Crippen LogP contribution in [0.1, 0.15) is 37.8 Å². The molecule has 1 aromatic rings. The highest BCUT2D eigenvalue weighted by molar-refractivity contribution is 5.22. The number of hydrogen-bond acceptors (Lipinski definition) is 6. The van der Waals surface area contributed by atoms with Crippen LogP contribution in [0, 0.1) is 0 Å². The molecule has 1 aromatic carbocycles. The first-order valence-electron chi connectivity index (χ1n) is 12.1. The number of unbranched alkanes of at least 4 members (excludes halogenated alkanes) is 1. The second-order valence-corrected chi connectivity index (χ2v) is 8.09. The predicted octanol–water partition coefficient (Wildman–Crippen LogP) is 3.23. The Balaban J connectivity index is 1.36. The van der Waals surface area contributed by atoms with Crippen molar-refractivity contribution < 1.29 is 18.9 Å². The summed E-state index contributed by atoms with van der Waals surface area (Å²) in [6, 6.07) is 9.06. The highest BCUT2D eigenvalue weighted by Crippen LogP contribution is 2.10. The molecule has 1 saturated heterocycles. The van der Waals surface area contributed by atoms with Crippen molar-refractivity contribution in [3.05, 3.63) is 35.4 Å². The van der Waals surface area contributed by atoms with Gasteiger partial charge in [0.05, 0.1) is 46.2 Å². The van der Waals surface area contributed by atoms with E-state index < -0.39 is 0 Å². The molecule has 6 nitrogen and oxygen atoms in total. The summed E-state index contributed by atoms with van der Waals surface area (Å²) in [5.41, 5.74) is 2.83. The summed E-state index contributed by atoms with van der Waals surface area (Å²) in [5.74, 6) is 0. The summed E-state index contributed by atoms with van der Waals surface area (Å²) >= 11 is 0. The second-order valence-electron chi connectivity index (χ2n) is 8.09. The Morgan fingerprint density at radius 2 is 1.10 bits per heavy atom. The number of piperazine rings is 1. The molecule has 0 spiro atoms. The lowest BCUT2D eigenvalue weighted by Gasteiger charge is -2.34. The Labute approximate surface area is 189 Å². The Hall–Kier alpha value is -1.02. The molecule has 6 heteroatoms. The van der Waals surface area contributed by atoms with Crippen LogP contribution in [-0.2, 0) is 31.9 Å². The lowest BCUT2D eigenvalue weighted by atomic mass is 10.1. The van der Waals surface area contributed by atoms with Crippen LogP contribution in [0.4, 0.5) is 0 Å². The van der Waals surface area contributed by atoms with Gasteiger partial charge in [-0.2, -0.15) is 0 Å². The summed E-state index contributed by atoms with van der Waals surface area (Å²) in [7, 11) is 0. The van der Waals surface area contributed by atoms with E-state index >= 15 is 0 Å². The Bertz CT molecular complexity index is 533. The topological polar surface area (TPSA) is 43.4 Å². The van der Waals surface area contributed by atoms with Gasteiger partial charge in [-0.15, -0.1) is 0 Å². The lowest BCUT2D eigenvalue weighted by Crippen LogP contribution is -2.46. The molecule has 0 saturated carbocycles. The highest BCUT2D eigenvalue weighted by atomic mass is 16.6. The SMILES string of the molecule is CCCCOCCOCCOCCOCCN1CCN(Cc2ccc(CC)cc2)CC1. The standard InChI is InChI=1S/C25H44N2O4/c1-3-5-15-28-17-19-30-21-22-31-20-18-29-16-14-26-10-12-27(13-11-26)23-25-8-6-24(4-2)7-9-25/h6-9H,3-5,10-23H2,1-2H3. The number of benzene rings is 1. The van der Waals surface area contributed by atoms with Gasteiger partial charge in [0.15, 0.2) is 0 Å². The fraction of sp³-hybridized carbons (Fsp3) is 0.760. The van der Waals surface area contributed by atoms with Crippen LogP contribution in [0.3, 0.4) is 0 Å². The zero-order valence-electron chi connectivity index (χ0n) is 19.9. The van der Waals surface area contributed by atoms with Gasteiger partial charge in [0.2, 0.25) is 0 Å². The summed E-state index contributed by atoms with van der Waals surface area (Å²) < 4.78 is 22.2. The molecule has 0 amide bonds. The van der Waals surface area contributed by atoms with Crippen LogP contribution in [0.15, 0.2) is 24.3 Å². The van der Waals surface area contributed by atoms with Crippen molar-refractivity contribution in [1.82, 2.24) is 9.80 Å². The maximum Gasteiger partial charge on any atom is 0.0701 e. The second kappa shape index (κ2) is 17.5. The van der Waals surface area contributed by atoms with E-state index in [4.69, 9.17) is 18.9 Å². The van der Waals surface area contributed by atoms with Crippen molar-refractivity contribution in [2.45, 2.75) is 39.7 Å². The molecule has 31 heavy (non-hydrogen) atoms. The largest absolute Gasteiger partial charge is 0.379 e. The van der Waals surface area contributed by atoms with Crippen molar-refractivity contribution in [1.29, 1.82) is 0 Å². The Morgan fingerprint density at radius 3 is 1.65 bits per heavy atom. The average Bonchev–Trinajstić information content (AvgIpc) is 2.81. The van der Waals surface area contributed by atoms with E-state index in [0.29, 0.717) is 39.6 Å². The summed E-state index contributed by atoms with van der Waals surface area (Å²) in [6.45, 7) is 16.3. The van der Waals surface area contributed by atoms with E-state index in [2.05, 4.69) is 47.9 Å². The first kappa shape index (κ1) is 26.2. The molecule has 0 bridgehead atoms. The van der Waals surface area contributed by atoms with E-state index in [1.807, 2.05) is 0 Å². The Kier molecular flexibility index (Phi) is 14.8. The van der Waals surface area contributed by atoms with Gasteiger partial charge in [0, 0.05) is 45.9 Å². The molecule has 0 unspecified atom stereocenters. The van der Waals surface area contributed by atoms with Crippen LogP contribution in [0.2, 0.25) is 0 Å². The summed E-state index contributed by atoms with van der Waals surface area (Å²) in [4.78, 5) is 5.04. The minimum atomic E-state index is 0.613. The highest BCUT2D eigenvalue weighted by Gasteiger charge is 2.16. The number of hydrogen-bond donors (Lipinski definition) is 0. The van der Waals surface area contributed by atoms with Gasteiger partial charge >= 0.3 is 0 Å². The first-order valence-corrected chi connectivity index (χ1v) is 12.1. The van der Waals surface area contributed by atoms with Gasteiger partial charge in [-0.3, -0.25) is 9.80 Å². The van der Waals surface area contributed by atoms with E-state index in [1.54, 1.807) is 0 Å². The molecule has 178 valence electrons. The molecule has 1 aliphatic rings. The van der Waals surface area contributed by atoms with Gasteiger partial charge in [0.25, 0.3) is 0 Å². The maximum atomic E-state index is 5.72. The smallest absolute Gasteiger partial charge is 0.0701 e. The number of nitrogens with zero attached hydrogens (tertiary/aromatic N) is 2. The van der Waals surface area contributed by atoms with Gasteiger partial charge in [0.1, 0.15) is 0 Å². The number of ether oxygens (including phenoxy) is 4. The quantitative estimate of drug-likeness (QED) is 0.329. The third-order valence-electron chi connectivity index (χ3n) is 5.61. The van der Waals surface area contributed by atoms with Gasteiger partial charge in [-0.25, -0.2) is 0 Å². The zero-order valence-corrected chi connectivity index (χ0v) is 19.9. The molecule has 0 radical (unpaired) electrons. The van der Waals surface area contributed by atoms with Crippen molar-refractivity contribution in [2.24, 2.45) is 0 Å². The molecule has 1 aliphatic heterocycles. The van der Waals surface area contributed by atoms with Crippen molar-refractivity contribution in [2.75, 3.05) is 85.6 Å². The number of rotatable bonds is 18. The lowest BCUT2D eigenvalue weighted by molar-refractivity contribution is -0.00543. The van der Waals surface area contributed by atoms with Crippen LogP contribution in [0.5, 0.6) is 0 Å². The molecule has 0 aliphatic carbocycles. The summed E-state index contributed by atoms with van der Waals surface area (Å²) in [5, 5.41) is 0. The van der Waals surface area contributed by atoms with Crippen LogP contribution in [-0.4, -0.2) is 95.4 Å². The fourth-order valence-electron chi connectivity index (χ4n) is 3.51. The molecule has 0 aromatic heterocycles. The van der Waals surface area contributed by atoms with Crippen molar-refractivity contribution in [3.8, 4) is 0 Å². The molecule has 0 atom stereocenters. The minimum absolute atomic E-state index is 0.613. The van der Waals surface area contributed by atoms with Crippen LogP contribution >= 0.6 is 0 Å². The molecule has 0 N–H and O–H groups in total. The van der Waals surface area contributed by atoms with E-state index in [1.165, 1.54) is 17.5 Å². The predicted molar refractivity (Wildman–Crippen MR) is 126 cm³/mol. The average molecular weight is 437 g/mol. The molecular weight excluding hydrogens is 392 g/mol. The zero-order chi connectivity index (χ0) is 22.0. The minimum Gasteiger partial charge on any atom is -0.379 e. The van der Waals surface area contributed by atoms with Gasteiger partial charge in [-0.1, -0.05) is 44.5 Å². The van der Waals surface area contributed by atoms with Crippen molar-refractivity contribution in [3.63, 3.8) is 0 Å². The maximum absolute atomic E-state index is 5.72. The molecular formula is C25H44N2O4. The van der Waals surface area contributed by atoms with Crippen molar-refractivity contribution >= 4 is 0 Å². The third kappa shape index (κ3) is 12.6. The summed E-state index contributed by atoms with van der Waals surface area (Å²) in [6.07, 6.45) is 3.39. The van der Waals surface area contributed by atoms with Crippen LogP contribution < -0.4 is 0 Å². The normalized spacial score (nSPS) is 15.5. The molecule has 1 fully saturated rings. The Morgan fingerprint density at radius 1 is 0.613 bits per heavy atom. The fourth-order valence-corrected chi connectivity index (χ4v) is 3.51. The van der Waals surface area contributed by atoms with E-state index in [9.17, 15) is 0 Å². The van der Waals surface area contributed by atoms with E-state index in [-0.39, 0.29) is 0 Å². The van der Waals surface area contributed by atoms with Gasteiger partial charge in [-0.05, 0) is 24.0 Å². The molecule has 2 rings (SSSR count).